The number of benzene rings is 2. The number of carboxylic acids is 1. The van der Waals surface area contributed by atoms with Crippen molar-refractivity contribution in [3.8, 4) is 0 Å². The number of aromatic carboxylic acids is 1. The zero-order valence-corrected chi connectivity index (χ0v) is 12.9. The largest absolute Gasteiger partial charge is 0.478 e. The molecule has 21 heavy (non-hydrogen) atoms. The number of hydrogen-bond donors (Lipinski definition) is 3. The maximum atomic E-state index is 12.2. The Labute approximate surface area is 133 Å². The molecule has 5 nitrogen and oxygen atoms in total. The molecule has 1 amide bonds. The zero-order valence-electron chi connectivity index (χ0n) is 10.6. The monoisotopic (exact) mass is 368 g/mol. The minimum absolute atomic E-state index is 0.0429. The van der Waals surface area contributed by atoms with Gasteiger partial charge in [0.2, 0.25) is 0 Å². The molecule has 0 aromatic heterocycles. The molecule has 2 aromatic rings. The maximum absolute atomic E-state index is 12.2. The van der Waals surface area contributed by atoms with Gasteiger partial charge in [-0.25, -0.2) is 4.79 Å². The summed E-state index contributed by atoms with van der Waals surface area (Å²) < 4.78 is 0.645. The van der Waals surface area contributed by atoms with Crippen LogP contribution in [0.25, 0.3) is 0 Å². The van der Waals surface area contributed by atoms with Crippen LogP contribution in [0.2, 0.25) is 5.02 Å². The van der Waals surface area contributed by atoms with E-state index in [0.717, 1.165) is 0 Å². The fourth-order valence-corrected chi connectivity index (χ4v) is 2.59. The van der Waals surface area contributed by atoms with Crippen LogP contribution in [0, 0.1) is 0 Å². The Hall–Kier alpha value is -2.05. The molecule has 0 bridgehead atoms. The van der Waals surface area contributed by atoms with E-state index >= 15 is 0 Å². The molecule has 0 aliphatic rings. The third-order valence-corrected chi connectivity index (χ3v) is 3.32. The van der Waals surface area contributed by atoms with Gasteiger partial charge < -0.3 is 16.2 Å². The summed E-state index contributed by atoms with van der Waals surface area (Å²) in [6, 6.07) is 8.88. The normalized spacial score (nSPS) is 10.2. The fourth-order valence-electron chi connectivity index (χ4n) is 1.73. The van der Waals surface area contributed by atoms with Crippen LogP contribution in [0.4, 0.5) is 11.4 Å². The van der Waals surface area contributed by atoms with Gasteiger partial charge in [0, 0.05) is 20.7 Å². The topological polar surface area (TPSA) is 92.4 Å². The van der Waals surface area contributed by atoms with E-state index in [9.17, 15) is 9.59 Å². The first-order chi connectivity index (χ1) is 9.86. The van der Waals surface area contributed by atoms with E-state index in [0.29, 0.717) is 20.7 Å². The number of halogens is 2. The first-order valence-corrected chi connectivity index (χ1v) is 6.94. The van der Waals surface area contributed by atoms with Gasteiger partial charge >= 0.3 is 5.97 Å². The Kier molecular flexibility index (Phi) is 4.50. The van der Waals surface area contributed by atoms with Crippen molar-refractivity contribution in [3.63, 3.8) is 0 Å². The van der Waals surface area contributed by atoms with E-state index < -0.39 is 11.9 Å². The van der Waals surface area contributed by atoms with Gasteiger partial charge in [0.15, 0.2) is 0 Å². The summed E-state index contributed by atoms with van der Waals surface area (Å²) in [7, 11) is 0. The highest BCUT2D eigenvalue weighted by atomic mass is 79.9. The van der Waals surface area contributed by atoms with Gasteiger partial charge in [0.1, 0.15) is 0 Å². The number of amides is 1. The van der Waals surface area contributed by atoms with E-state index in [4.69, 9.17) is 22.4 Å². The highest BCUT2D eigenvalue weighted by Gasteiger charge is 2.14. The molecule has 2 rings (SSSR count). The van der Waals surface area contributed by atoms with Crippen LogP contribution in [-0.4, -0.2) is 17.0 Å². The molecule has 0 spiro atoms. The Balaban J connectivity index is 2.35. The van der Waals surface area contributed by atoms with Crippen molar-refractivity contribution in [1.82, 2.24) is 0 Å². The molecule has 0 saturated heterocycles. The molecule has 0 aliphatic carbocycles. The number of carbonyl (C=O) groups is 2. The van der Waals surface area contributed by atoms with E-state index in [1.807, 2.05) is 0 Å². The zero-order chi connectivity index (χ0) is 15.6. The molecule has 7 heteroatoms. The Bertz CT molecular complexity index is 714. The average Bonchev–Trinajstić information content (AvgIpc) is 2.37. The van der Waals surface area contributed by atoms with Crippen molar-refractivity contribution in [1.29, 1.82) is 0 Å². The lowest BCUT2D eigenvalue weighted by atomic mass is 10.1. The third-order valence-electron chi connectivity index (χ3n) is 2.65. The molecule has 4 N–H and O–H groups in total. The number of rotatable bonds is 3. The highest BCUT2D eigenvalue weighted by Crippen LogP contribution is 2.23. The number of nitrogen functional groups attached to an aromatic ring is 1. The minimum atomic E-state index is -1.16. The predicted octanol–water partition coefficient (Wildman–Crippen LogP) is 3.64. The lowest BCUT2D eigenvalue weighted by Gasteiger charge is -2.10. The number of carboxylic acid groups (broad SMARTS) is 1. The minimum Gasteiger partial charge on any atom is -0.478 e. The molecule has 2 aromatic carbocycles. The molecule has 0 fully saturated rings. The third kappa shape index (κ3) is 3.74. The number of nitrogens with two attached hydrogens (primary N) is 1. The Morgan fingerprint density at radius 3 is 2.52 bits per heavy atom. The lowest BCUT2D eigenvalue weighted by Crippen LogP contribution is -2.15. The number of anilines is 2. The van der Waals surface area contributed by atoms with E-state index in [-0.39, 0.29) is 11.3 Å². The van der Waals surface area contributed by atoms with Gasteiger partial charge in [0.05, 0.1) is 11.3 Å². The molecule has 0 atom stereocenters. The lowest BCUT2D eigenvalue weighted by molar-refractivity contribution is 0.0698. The number of carbonyl (C=O) groups excluding carboxylic acids is 1. The first-order valence-electron chi connectivity index (χ1n) is 5.77. The summed E-state index contributed by atoms with van der Waals surface area (Å²) in [5.74, 6) is -1.64. The van der Waals surface area contributed by atoms with Crippen molar-refractivity contribution in [2.24, 2.45) is 0 Å². The van der Waals surface area contributed by atoms with E-state index in [1.165, 1.54) is 24.3 Å². The van der Waals surface area contributed by atoms with Crippen LogP contribution >= 0.6 is 27.5 Å². The summed E-state index contributed by atoms with van der Waals surface area (Å²) >= 11 is 9.12. The molecule has 0 unspecified atom stereocenters. The quantitative estimate of drug-likeness (QED) is 0.720. The number of nitrogens with one attached hydrogen (secondary N) is 1. The van der Waals surface area contributed by atoms with Crippen LogP contribution in [0.15, 0.2) is 40.9 Å². The van der Waals surface area contributed by atoms with Gasteiger partial charge in [-0.05, 0) is 36.4 Å². The summed E-state index contributed by atoms with van der Waals surface area (Å²) in [6.45, 7) is 0. The van der Waals surface area contributed by atoms with Gasteiger partial charge in [0.25, 0.3) is 5.91 Å². The van der Waals surface area contributed by atoms with Crippen LogP contribution < -0.4 is 11.1 Å². The summed E-state index contributed by atoms with van der Waals surface area (Å²) in [6.07, 6.45) is 0. The van der Waals surface area contributed by atoms with E-state index in [2.05, 4.69) is 21.2 Å². The van der Waals surface area contributed by atoms with Crippen molar-refractivity contribution in [3.05, 3.63) is 57.0 Å². The van der Waals surface area contributed by atoms with Gasteiger partial charge in [-0.2, -0.15) is 0 Å². The summed E-state index contributed by atoms with van der Waals surface area (Å²) in [4.78, 5) is 23.3. The van der Waals surface area contributed by atoms with Crippen LogP contribution in [-0.2, 0) is 0 Å². The van der Waals surface area contributed by atoms with Crippen LogP contribution in [0.5, 0.6) is 0 Å². The predicted molar refractivity (Wildman–Crippen MR) is 84.9 cm³/mol. The fraction of sp³-hybridized carbons (Fsp3) is 0. The second kappa shape index (κ2) is 6.15. The maximum Gasteiger partial charge on any atom is 0.337 e. The SMILES string of the molecule is Nc1ccc(C(=O)O)c(NC(=O)c2cc(Cl)cc(Br)c2)c1. The Morgan fingerprint density at radius 1 is 1.19 bits per heavy atom. The summed E-state index contributed by atoms with van der Waals surface area (Å²) in [5, 5.41) is 12.0. The average molecular weight is 370 g/mol. The summed E-state index contributed by atoms with van der Waals surface area (Å²) in [5.41, 5.74) is 6.35. The van der Waals surface area contributed by atoms with Gasteiger partial charge in [-0.3, -0.25) is 4.79 Å². The molecular formula is C14H10BrClN2O3. The Morgan fingerprint density at radius 2 is 1.90 bits per heavy atom. The molecular weight excluding hydrogens is 360 g/mol. The van der Waals surface area contributed by atoms with Crippen molar-refractivity contribution < 1.29 is 14.7 Å². The van der Waals surface area contributed by atoms with Crippen molar-refractivity contribution >= 4 is 50.8 Å². The molecule has 0 saturated carbocycles. The smallest absolute Gasteiger partial charge is 0.337 e. The molecule has 0 radical (unpaired) electrons. The van der Waals surface area contributed by atoms with Crippen molar-refractivity contribution in [2.45, 2.75) is 0 Å². The highest BCUT2D eigenvalue weighted by molar-refractivity contribution is 9.10. The standard InChI is InChI=1S/C14H10BrClN2O3/c15-8-3-7(4-9(16)5-8)13(19)18-12-6-10(17)1-2-11(12)14(20)21/h1-6H,17H2,(H,18,19)(H,20,21). The van der Waals surface area contributed by atoms with E-state index in [1.54, 1.807) is 12.1 Å². The van der Waals surface area contributed by atoms with Crippen LogP contribution in [0.1, 0.15) is 20.7 Å². The second-order valence-electron chi connectivity index (χ2n) is 4.22. The second-order valence-corrected chi connectivity index (χ2v) is 5.57. The molecule has 108 valence electrons. The van der Waals surface area contributed by atoms with Gasteiger partial charge in [-0.1, -0.05) is 27.5 Å². The first kappa shape index (κ1) is 15.3. The van der Waals surface area contributed by atoms with Crippen molar-refractivity contribution in [2.75, 3.05) is 11.1 Å². The van der Waals surface area contributed by atoms with Gasteiger partial charge in [-0.15, -0.1) is 0 Å². The molecule has 0 aliphatic heterocycles. The van der Waals surface area contributed by atoms with Crippen LogP contribution in [0.3, 0.4) is 0 Å². The molecule has 0 heterocycles. The number of hydrogen-bond acceptors (Lipinski definition) is 3.